The summed E-state index contributed by atoms with van der Waals surface area (Å²) in [6.45, 7) is 0. The molecule has 0 aliphatic heterocycles. The van der Waals surface area contributed by atoms with Crippen molar-refractivity contribution in [3.8, 4) is 11.8 Å². The van der Waals surface area contributed by atoms with Crippen LogP contribution in [0.1, 0.15) is 16.7 Å². The molecule has 0 fully saturated rings. The highest BCUT2D eigenvalue weighted by atomic mass is 32.2. The van der Waals surface area contributed by atoms with E-state index >= 15 is 0 Å². The maximum Gasteiger partial charge on any atom is 0.263 e. The van der Waals surface area contributed by atoms with E-state index in [1.165, 1.54) is 30.6 Å². The van der Waals surface area contributed by atoms with Crippen molar-refractivity contribution in [1.29, 1.82) is 5.41 Å². The third kappa shape index (κ3) is 4.20. The van der Waals surface area contributed by atoms with Gasteiger partial charge in [-0.15, -0.1) is 0 Å². The van der Waals surface area contributed by atoms with Gasteiger partial charge in [-0.3, -0.25) is 9.71 Å². The smallest absolute Gasteiger partial charge is 0.263 e. The molecule has 10 heteroatoms. The van der Waals surface area contributed by atoms with E-state index in [1.807, 2.05) is 0 Å². The van der Waals surface area contributed by atoms with Crippen molar-refractivity contribution in [1.82, 2.24) is 9.97 Å². The van der Waals surface area contributed by atoms with Gasteiger partial charge in [0.2, 0.25) is 0 Å². The van der Waals surface area contributed by atoms with Gasteiger partial charge in [0.1, 0.15) is 16.5 Å². The molecular formula is C19H13F2N5O2S. The van der Waals surface area contributed by atoms with Gasteiger partial charge in [0.15, 0.2) is 5.82 Å². The summed E-state index contributed by atoms with van der Waals surface area (Å²) in [6.07, 6.45) is 4.76. The van der Waals surface area contributed by atoms with Gasteiger partial charge in [-0.05, 0) is 30.3 Å². The molecule has 2 heterocycles. The lowest BCUT2D eigenvalue weighted by Crippen LogP contribution is -2.14. The summed E-state index contributed by atoms with van der Waals surface area (Å²) in [5.41, 5.74) is 4.99. The van der Waals surface area contributed by atoms with Gasteiger partial charge in [0.25, 0.3) is 10.0 Å². The number of benzene rings is 1. The lowest BCUT2D eigenvalue weighted by atomic mass is 10.1. The predicted octanol–water partition coefficient (Wildman–Crippen LogP) is 2.54. The minimum absolute atomic E-state index is 0.0470. The van der Waals surface area contributed by atoms with Crippen LogP contribution in [0.3, 0.4) is 0 Å². The molecule has 0 bridgehead atoms. The van der Waals surface area contributed by atoms with E-state index in [0.29, 0.717) is 0 Å². The quantitative estimate of drug-likeness (QED) is 0.448. The third-order valence-corrected chi connectivity index (χ3v) is 5.12. The Labute approximate surface area is 165 Å². The van der Waals surface area contributed by atoms with Crippen LogP contribution in [-0.4, -0.2) is 24.6 Å². The van der Waals surface area contributed by atoms with Crippen molar-refractivity contribution < 1.29 is 17.2 Å². The Morgan fingerprint density at radius 2 is 1.93 bits per heavy atom. The second-order valence-corrected chi connectivity index (χ2v) is 7.31. The molecule has 0 unspecified atom stereocenters. The molecule has 29 heavy (non-hydrogen) atoms. The molecule has 0 saturated carbocycles. The number of rotatable bonds is 4. The molecule has 0 aliphatic rings. The molecule has 0 amide bonds. The highest BCUT2D eigenvalue weighted by Crippen LogP contribution is 2.23. The molecular weight excluding hydrogens is 400 g/mol. The van der Waals surface area contributed by atoms with E-state index in [-0.39, 0.29) is 21.8 Å². The number of nitrogens with two attached hydrogens (primary N) is 1. The molecule has 0 atom stereocenters. The van der Waals surface area contributed by atoms with Gasteiger partial charge in [-0.1, -0.05) is 11.8 Å². The Hall–Kier alpha value is -3.84. The van der Waals surface area contributed by atoms with Gasteiger partial charge in [0, 0.05) is 35.9 Å². The first-order valence-electron chi connectivity index (χ1n) is 8.01. The van der Waals surface area contributed by atoms with Gasteiger partial charge in [0.05, 0.1) is 11.3 Å². The number of nitrogens with zero attached hydrogens (tertiary/aromatic N) is 2. The minimum Gasteiger partial charge on any atom is -0.383 e. The standard InChI is InChI=1S/C19H13F2N5O2S/c20-16-5-6-17(26-29(27,28)13-2-1-8-24-11-13)18(21)14(16)4-3-12-7-9-25-19(23)15(12)10-22/h1-2,5-11,22,26H,(H2,23,25). The van der Waals surface area contributed by atoms with Crippen molar-refractivity contribution in [3.05, 3.63) is 77.2 Å². The summed E-state index contributed by atoms with van der Waals surface area (Å²) in [6, 6.07) is 5.98. The number of hydrogen-bond acceptors (Lipinski definition) is 6. The van der Waals surface area contributed by atoms with E-state index in [1.54, 1.807) is 0 Å². The maximum atomic E-state index is 14.8. The fourth-order valence-corrected chi connectivity index (χ4v) is 3.36. The minimum atomic E-state index is -4.13. The molecule has 3 rings (SSSR count). The van der Waals surface area contributed by atoms with Crippen LogP contribution in [0, 0.1) is 28.9 Å². The number of hydrogen-bond donors (Lipinski definition) is 3. The van der Waals surface area contributed by atoms with Crippen LogP contribution < -0.4 is 10.5 Å². The lowest BCUT2D eigenvalue weighted by Gasteiger charge is -2.10. The number of sulfonamides is 1. The van der Waals surface area contributed by atoms with Crippen LogP contribution in [0.5, 0.6) is 0 Å². The molecule has 4 N–H and O–H groups in total. The van der Waals surface area contributed by atoms with E-state index in [9.17, 15) is 17.2 Å². The SMILES string of the molecule is N=Cc1c(C#Cc2c(F)ccc(NS(=O)(=O)c3cccnc3)c2F)ccnc1N. The van der Waals surface area contributed by atoms with Gasteiger partial charge < -0.3 is 11.1 Å². The Morgan fingerprint density at radius 1 is 1.14 bits per heavy atom. The summed E-state index contributed by atoms with van der Waals surface area (Å²) in [5, 5.41) is 7.36. The van der Waals surface area contributed by atoms with Gasteiger partial charge >= 0.3 is 0 Å². The van der Waals surface area contributed by atoms with Gasteiger partial charge in [-0.2, -0.15) is 0 Å². The number of nitrogens with one attached hydrogen (secondary N) is 2. The first-order chi connectivity index (χ1) is 13.8. The molecule has 7 nitrogen and oxygen atoms in total. The molecule has 3 aromatic rings. The highest BCUT2D eigenvalue weighted by molar-refractivity contribution is 7.92. The fraction of sp³-hybridized carbons (Fsp3) is 0. The van der Waals surface area contributed by atoms with Crippen molar-refractivity contribution in [2.45, 2.75) is 4.90 Å². The Balaban J connectivity index is 2.02. The Bertz CT molecular complexity index is 1250. The number of aromatic nitrogens is 2. The van der Waals surface area contributed by atoms with E-state index in [2.05, 4.69) is 26.5 Å². The highest BCUT2D eigenvalue weighted by Gasteiger charge is 2.19. The zero-order chi connectivity index (χ0) is 21.0. The molecule has 0 spiro atoms. The first kappa shape index (κ1) is 19.9. The predicted molar refractivity (Wildman–Crippen MR) is 104 cm³/mol. The first-order valence-corrected chi connectivity index (χ1v) is 9.49. The summed E-state index contributed by atoms with van der Waals surface area (Å²) in [7, 11) is -4.13. The van der Waals surface area contributed by atoms with Crippen molar-refractivity contribution in [3.63, 3.8) is 0 Å². The van der Waals surface area contributed by atoms with E-state index < -0.39 is 32.9 Å². The molecule has 1 aromatic carbocycles. The number of halogens is 2. The number of nitrogen functional groups attached to an aromatic ring is 1. The average Bonchev–Trinajstić information content (AvgIpc) is 2.71. The largest absolute Gasteiger partial charge is 0.383 e. The van der Waals surface area contributed by atoms with Crippen LogP contribution in [0.2, 0.25) is 0 Å². The lowest BCUT2D eigenvalue weighted by molar-refractivity contribution is 0.578. The van der Waals surface area contributed by atoms with Crippen molar-refractivity contribution in [2.24, 2.45) is 0 Å². The van der Waals surface area contributed by atoms with Crippen LogP contribution in [0.25, 0.3) is 0 Å². The molecule has 0 radical (unpaired) electrons. The van der Waals surface area contributed by atoms with Crippen LogP contribution >= 0.6 is 0 Å². The maximum absolute atomic E-state index is 14.8. The third-order valence-electron chi connectivity index (χ3n) is 3.77. The summed E-state index contributed by atoms with van der Waals surface area (Å²) < 4.78 is 55.7. The topological polar surface area (TPSA) is 122 Å². The van der Waals surface area contributed by atoms with E-state index in [0.717, 1.165) is 24.5 Å². The zero-order valence-corrected chi connectivity index (χ0v) is 15.5. The summed E-state index contributed by atoms with van der Waals surface area (Å²) in [4.78, 5) is 7.34. The van der Waals surface area contributed by atoms with Crippen molar-refractivity contribution in [2.75, 3.05) is 10.5 Å². The molecule has 146 valence electrons. The van der Waals surface area contributed by atoms with Crippen LogP contribution in [0.15, 0.2) is 53.8 Å². The monoisotopic (exact) mass is 413 g/mol. The second-order valence-electron chi connectivity index (χ2n) is 5.63. The van der Waals surface area contributed by atoms with E-state index in [4.69, 9.17) is 11.1 Å². The number of pyridine rings is 2. The van der Waals surface area contributed by atoms with Crippen LogP contribution in [0.4, 0.5) is 20.3 Å². The fourth-order valence-electron chi connectivity index (χ4n) is 2.34. The second kappa shape index (κ2) is 8.04. The number of anilines is 2. The molecule has 2 aromatic heterocycles. The normalized spacial score (nSPS) is 10.7. The Kier molecular flexibility index (Phi) is 5.52. The van der Waals surface area contributed by atoms with Crippen molar-refractivity contribution >= 4 is 27.7 Å². The Morgan fingerprint density at radius 3 is 2.62 bits per heavy atom. The zero-order valence-electron chi connectivity index (χ0n) is 14.6. The van der Waals surface area contributed by atoms with Crippen LogP contribution in [-0.2, 0) is 10.0 Å². The van der Waals surface area contributed by atoms with Gasteiger partial charge in [-0.25, -0.2) is 22.2 Å². The average molecular weight is 413 g/mol. The summed E-state index contributed by atoms with van der Waals surface area (Å²) >= 11 is 0. The summed E-state index contributed by atoms with van der Waals surface area (Å²) in [5.74, 6) is 2.76. The molecule has 0 saturated heterocycles. The molecule has 0 aliphatic carbocycles.